The van der Waals surface area contributed by atoms with E-state index in [1.54, 1.807) is 0 Å². The van der Waals surface area contributed by atoms with E-state index in [9.17, 15) is 4.79 Å². The summed E-state index contributed by atoms with van der Waals surface area (Å²) in [5.74, 6) is 2.11. The summed E-state index contributed by atoms with van der Waals surface area (Å²) in [7, 11) is 0. The van der Waals surface area contributed by atoms with Gasteiger partial charge in [0.1, 0.15) is 17.6 Å². The molecule has 26 heavy (non-hydrogen) atoms. The highest BCUT2D eigenvalue weighted by Crippen LogP contribution is 2.44. The quantitative estimate of drug-likeness (QED) is 0.807. The minimum absolute atomic E-state index is 0.0349. The third-order valence-electron chi connectivity index (χ3n) is 5.15. The van der Waals surface area contributed by atoms with Gasteiger partial charge < -0.3 is 19.4 Å². The summed E-state index contributed by atoms with van der Waals surface area (Å²) in [6.45, 7) is 3.66. The smallest absolute Gasteiger partial charge is 0.318 e. The van der Waals surface area contributed by atoms with Crippen LogP contribution >= 0.6 is 15.9 Å². The number of furan rings is 1. The predicted molar refractivity (Wildman–Crippen MR) is 102 cm³/mol. The number of hydrogen-bond donors (Lipinski definition) is 1. The van der Waals surface area contributed by atoms with Crippen LogP contribution in [0.4, 0.5) is 4.79 Å². The molecule has 1 aliphatic heterocycles. The van der Waals surface area contributed by atoms with Gasteiger partial charge in [-0.25, -0.2) is 4.79 Å². The van der Waals surface area contributed by atoms with E-state index in [-0.39, 0.29) is 18.1 Å². The molecule has 1 aliphatic carbocycles. The van der Waals surface area contributed by atoms with Gasteiger partial charge >= 0.3 is 6.03 Å². The molecule has 0 radical (unpaired) electrons. The number of rotatable bonds is 4. The summed E-state index contributed by atoms with van der Waals surface area (Å²) in [5.41, 5.74) is 1.26. The van der Waals surface area contributed by atoms with Gasteiger partial charge in [0.15, 0.2) is 0 Å². The number of aryl methyl sites for hydroxylation is 1. The minimum Gasteiger partial charge on any atom is -0.464 e. The Morgan fingerprint density at radius 2 is 2.15 bits per heavy atom. The van der Waals surface area contributed by atoms with Gasteiger partial charge in [0.2, 0.25) is 0 Å². The van der Waals surface area contributed by atoms with Crippen molar-refractivity contribution in [2.24, 2.45) is 0 Å². The van der Waals surface area contributed by atoms with Crippen LogP contribution in [-0.4, -0.2) is 36.7 Å². The predicted octanol–water partition coefficient (Wildman–Crippen LogP) is 4.24. The first-order valence-corrected chi connectivity index (χ1v) is 9.94. The highest BCUT2D eigenvalue weighted by atomic mass is 79.9. The number of hydrogen-bond acceptors (Lipinski definition) is 3. The molecule has 1 aromatic heterocycles. The number of nitrogens with one attached hydrogen (secondary N) is 1. The van der Waals surface area contributed by atoms with Gasteiger partial charge in [-0.2, -0.15) is 0 Å². The van der Waals surface area contributed by atoms with Crippen molar-refractivity contribution in [1.82, 2.24) is 10.2 Å². The lowest BCUT2D eigenvalue weighted by molar-refractivity contribution is 0.00389. The second-order valence-corrected chi connectivity index (χ2v) is 7.72. The first-order valence-electron chi connectivity index (χ1n) is 9.15. The molecule has 2 aromatic rings. The number of nitrogens with zero attached hydrogens (tertiary/aromatic N) is 1. The summed E-state index contributed by atoms with van der Waals surface area (Å²) in [5, 5.41) is 3.19. The molecule has 1 saturated heterocycles. The first-order chi connectivity index (χ1) is 12.7. The average molecular weight is 419 g/mol. The second-order valence-electron chi connectivity index (χ2n) is 6.86. The van der Waals surface area contributed by atoms with E-state index >= 15 is 0 Å². The van der Waals surface area contributed by atoms with Crippen LogP contribution in [0.25, 0.3) is 0 Å². The van der Waals surface area contributed by atoms with Gasteiger partial charge in [0, 0.05) is 29.4 Å². The Morgan fingerprint density at radius 3 is 2.92 bits per heavy atom. The summed E-state index contributed by atoms with van der Waals surface area (Å²) in [6, 6.07) is 12.1. The van der Waals surface area contributed by atoms with Crippen LogP contribution in [0.15, 0.2) is 45.3 Å². The van der Waals surface area contributed by atoms with Crippen molar-refractivity contribution in [2.45, 2.75) is 37.8 Å². The molecule has 1 N–H and O–H groups in total. The van der Waals surface area contributed by atoms with E-state index in [0.29, 0.717) is 25.7 Å². The molecular weight excluding hydrogens is 396 g/mol. The van der Waals surface area contributed by atoms with E-state index < -0.39 is 0 Å². The van der Waals surface area contributed by atoms with E-state index in [0.717, 1.165) is 28.8 Å². The zero-order valence-corrected chi connectivity index (χ0v) is 16.4. The summed E-state index contributed by atoms with van der Waals surface area (Å²) in [6.07, 6.45) is 1.82. The van der Waals surface area contributed by atoms with Crippen LogP contribution in [0.2, 0.25) is 0 Å². The molecule has 0 unspecified atom stereocenters. The van der Waals surface area contributed by atoms with Crippen LogP contribution in [-0.2, 0) is 11.2 Å². The largest absolute Gasteiger partial charge is 0.464 e. The Hall–Kier alpha value is -1.79. The summed E-state index contributed by atoms with van der Waals surface area (Å²) >= 11 is 3.60. The van der Waals surface area contributed by atoms with Crippen LogP contribution in [0.3, 0.4) is 0 Å². The molecule has 5 nitrogen and oxygen atoms in total. The van der Waals surface area contributed by atoms with Crippen LogP contribution in [0, 0.1) is 0 Å². The highest BCUT2D eigenvalue weighted by molar-refractivity contribution is 9.10. The Labute approximate surface area is 161 Å². The average Bonchev–Trinajstić information content (AvgIpc) is 3.25. The molecule has 6 heteroatoms. The van der Waals surface area contributed by atoms with E-state index in [1.807, 2.05) is 35.2 Å². The monoisotopic (exact) mass is 418 g/mol. The zero-order valence-electron chi connectivity index (χ0n) is 14.8. The maximum absolute atomic E-state index is 12.9. The third kappa shape index (κ3) is 3.53. The first kappa shape index (κ1) is 17.6. The maximum Gasteiger partial charge on any atom is 0.318 e. The third-order valence-corrected chi connectivity index (χ3v) is 5.87. The molecule has 2 fully saturated rings. The van der Waals surface area contributed by atoms with Gasteiger partial charge in [-0.15, -0.1) is 0 Å². The van der Waals surface area contributed by atoms with Crippen LogP contribution in [0.1, 0.15) is 42.4 Å². The lowest BCUT2D eigenvalue weighted by Gasteiger charge is -2.34. The standard InChI is InChI=1S/C20H23BrN2O3/c1-2-13-7-8-19(26-13)18-12-25-10-9-23(18)20(24)22-17-11-15(17)14-5-3-4-6-16(14)21/h3-8,15,17-18H,2,9-12H2,1H3,(H,22,24)/t15-,17-,18-/m0/s1. The van der Waals surface area contributed by atoms with Crippen LogP contribution < -0.4 is 5.32 Å². The molecule has 0 bridgehead atoms. The van der Waals surface area contributed by atoms with Crippen molar-refractivity contribution in [3.8, 4) is 0 Å². The fourth-order valence-electron chi connectivity index (χ4n) is 3.56. The molecule has 3 atom stereocenters. The minimum atomic E-state index is -0.162. The molecule has 2 amide bonds. The Kier molecular flexibility index (Phi) is 5.05. The van der Waals surface area contributed by atoms with Crippen LogP contribution in [0.5, 0.6) is 0 Å². The Bertz CT molecular complexity index is 791. The van der Waals surface area contributed by atoms with E-state index in [1.165, 1.54) is 5.56 Å². The van der Waals surface area contributed by atoms with Gasteiger partial charge in [-0.05, 0) is 30.2 Å². The van der Waals surface area contributed by atoms with Gasteiger partial charge in [0.25, 0.3) is 0 Å². The van der Waals surface area contributed by atoms with Gasteiger partial charge in [0.05, 0.1) is 13.2 Å². The zero-order chi connectivity index (χ0) is 18.1. The molecule has 1 aromatic carbocycles. The summed E-state index contributed by atoms with van der Waals surface area (Å²) < 4.78 is 12.6. The molecule has 1 saturated carbocycles. The van der Waals surface area contributed by atoms with Crippen molar-refractivity contribution in [3.05, 3.63) is 58.0 Å². The summed E-state index contributed by atoms with van der Waals surface area (Å²) in [4.78, 5) is 14.7. The van der Waals surface area contributed by atoms with Crippen molar-refractivity contribution >= 4 is 22.0 Å². The maximum atomic E-state index is 12.9. The molecule has 4 rings (SSSR count). The van der Waals surface area contributed by atoms with E-state index in [4.69, 9.17) is 9.15 Å². The Balaban J connectivity index is 1.42. The second kappa shape index (κ2) is 7.45. The number of benzene rings is 1. The molecule has 2 aliphatic rings. The number of morpholine rings is 1. The Morgan fingerprint density at radius 1 is 1.31 bits per heavy atom. The number of carbonyl (C=O) groups is 1. The number of amides is 2. The lowest BCUT2D eigenvalue weighted by atomic mass is 10.1. The highest BCUT2D eigenvalue weighted by Gasteiger charge is 2.42. The number of ether oxygens (including phenoxy) is 1. The van der Waals surface area contributed by atoms with Gasteiger partial charge in [-0.3, -0.25) is 0 Å². The fraction of sp³-hybridized carbons (Fsp3) is 0.450. The molecule has 0 spiro atoms. The van der Waals surface area contributed by atoms with Crippen molar-refractivity contribution in [1.29, 1.82) is 0 Å². The molecule has 2 heterocycles. The topological polar surface area (TPSA) is 54.7 Å². The number of halogens is 1. The number of urea groups is 1. The SMILES string of the molecule is CCc1ccc([C@@H]2COCCN2C(=O)N[C@H]2C[C@H]2c2ccccc2Br)o1. The van der Waals surface area contributed by atoms with Crippen molar-refractivity contribution in [2.75, 3.05) is 19.8 Å². The van der Waals surface area contributed by atoms with Gasteiger partial charge in [-0.1, -0.05) is 41.1 Å². The fourth-order valence-corrected chi connectivity index (χ4v) is 4.14. The van der Waals surface area contributed by atoms with Crippen molar-refractivity contribution in [3.63, 3.8) is 0 Å². The molecule has 138 valence electrons. The number of carbonyl (C=O) groups excluding carboxylic acids is 1. The normalized spacial score (nSPS) is 25.2. The van der Waals surface area contributed by atoms with Crippen molar-refractivity contribution < 1.29 is 13.9 Å². The molecular formula is C20H23BrN2O3. The lowest BCUT2D eigenvalue weighted by Crippen LogP contribution is -2.48. The van der Waals surface area contributed by atoms with E-state index in [2.05, 4.69) is 34.2 Å².